The van der Waals surface area contributed by atoms with Gasteiger partial charge in [-0.25, -0.2) is 4.39 Å². The third kappa shape index (κ3) is 3.20. The molecule has 22 heavy (non-hydrogen) atoms. The maximum absolute atomic E-state index is 13.2. The minimum Gasteiger partial charge on any atom is -0.337 e. The fourth-order valence-electron chi connectivity index (χ4n) is 2.08. The molecule has 0 aliphatic rings. The third-order valence-corrected chi connectivity index (χ3v) is 3.27. The molecule has 7 heteroatoms. The maximum atomic E-state index is 13.2. The molecular formula is C15H16FN5O. The van der Waals surface area contributed by atoms with Gasteiger partial charge in [0, 0.05) is 30.9 Å². The molecule has 0 amide bonds. The van der Waals surface area contributed by atoms with Crippen LogP contribution < -0.4 is 5.32 Å². The average Bonchev–Trinajstić information content (AvgIpc) is 3.14. The zero-order chi connectivity index (χ0) is 15.5. The summed E-state index contributed by atoms with van der Waals surface area (Å²) in [6, 6.07) is 6.00. The summed E-state index contributed by atoms with van der Waals surface area (Å²) in [6.07, 6.45) is 3.73. The molecule has 114 valence electrons. The lowest BCUT2D eigenvalue weighted by atomic mass is 10.2. The molecular weight excluding hydrogens is 285 g/mol. The molecule has 1 aromatic carbocycles. The molecule has 0 fully saturated rings. The van der Waals surface area contributed by atoms with Gasteiger partial charge in [0.2, 0.25) is 11.7 Å². The molecule has 2 heterocycles. The smallest absolute Gasteiger partial charge is 0.243 e. The number of nitrogens with one attached hydrogen (secondary N) is 1. The Morgan fingerprint density at radius 2 is 2.27 bits per heavy atom. The van der Waals surface area contributed by atoms with Crippen molar-refractivity contribution in [1.29, 1.82) is 0 Å². The molecule has 0 saturated carbocycles. The van der Waals surface area contributed by atoms with Crippen LogP contribution in [0.3, 0.4) is 0 Å². The van der Waals surface area contributed by atoms with Gasteiger partial charge in [-0.05, 0) is 19.1 Å². The molecule has 0 spiro atoms. The van der Waals surface area contributed by atoms with Gasteiger partial charge in [0.1, 0.15) is 5.82 Å². The normalized spacial score (nSPS) is 12.5. The van der Waals surface area contributed by atoms with E-state index in [0.717, 1.165) is 5.56 Å². The summed E-state index contributed by atoms with van der Waals surface area (Å²) in [4.78, 5) is 4.31. The molecule has 1 unspecified atom stereocenters. The molecule has 0 radical (unpaired) electrons. The summed E-state index contributed by atoms with van der Waals surface area (Å²) in [5.41, 5.74) is 1.66. The van der Waals surface area contributed by atoms with Crippen molar-refractivity contribution in [2.24, 2.45) is 7.05 Å². The summed E-state index contributed by atoms with van der Waals surface area (Å²) in [7, 11) is 1.87. The summed E-state index contributed by atoms with van der Waals surface area (Å²) in [5, 5.41) is 11.3. The van der Waals surface area contributed by atoms with E-state index in [0.29, 0.717) is 23.8 Å². The first-order valence-electron chi connectivity index (χ1n) is 6.92. The molecule has 1 N–H and O–H groups in total. The number of hydrogen-bond donors (Lipinski definition) is 1. The fraction of sp³-hybridized carbons (Fsp3) is 0.267. The summed E-state index contributed by atoms with van der Waals surface area (Å²) >= 11 is 0. The second-order valence-corrected chi connectivity index (χ2v) is 5.09. The van der Waals surface area contributed by atoms with Gasteiger partial charge < -0.3 is 9.84 Å². The number of rotatable bonds is 5. The molecule has 0 saturated heterocycles. The van der Waals surface area contributed by atoms with E-state index >= 15 is 0 Å². The van der Waals surface area contributed by atoms with E-state index in [1.165, 1.54) is 12.1 Å². The minimum atomic E-state index is -0.327. The predicted molar refractivity (Wildman–Crippen MR) is 78.2 cm³/mol. The SMILES string of the molecule is CC(NCc1cnn(C)c1)c1nc(-c2cccc(F)c2)no1. The summed E-state index contributed by atoms with van der Waals surface area (Å²) in [6.45, 7) is 2.58. The van der Waals surface area contributed by atoms with Crippen LogP contribution in [0.15, 0.2) is 41.2 Å². The number of aromatic nitrogens is 4. The highest BCUT2D eigenvalue weighted by Gasteiger charge is 2.15. The Hall–Kier alpha value is -2.54. The van der Waals surface area contributed by atoms with E-state index in [-0.39, 0.29) is 11.9 Å². The van der Waals surface area contributed by atoms with Gasteiger partial charge in [0.15, 0.2) is 0 Å². The Balaban J connectivity index is 1.67. The molecule has 3 rings (SSSR count). The molecule has 0 aliphatic heterocycles. The monoisotopic (exact) mass is 301 g/mol. The molecule has 0 aliphatic carbocycles. The Kier molecular flexibility index (Phi) is 3.97. The van der Waals surface area contributed by atoms with Crippen molar-refractivity contribution in [3.8, 4) is 11.4 Å². The van der Waals surface area contributed by atoms with Crippen molar-refractivity contribution in [3.63, 3.8) is 0 Å². The topological polar surface area (TPSA) is 68.8 Å². The molecule has 3 aromatic rings. The third-order valence-electron chi connectivity index (χ3n) is 3.27. The van der Waals surface area contributed by atoms with Crippen molar-refractivity contribution >= 4 is 0 Å². The quantitative estimate of drug-likeness (QED) is 0.784. The van der Waals surface area contributed by atoms with Crippen molar-refractivity contribution in [1.82, 2.24) is 25.2 Å². The maximum Gasteiger partial charge on any atom is 0.243 e. The van der Waals surface area contributed by atoms with Crippen LogP contribution in [-0.2, 0) is 13.6 Å². The Bertz CT molecular complexity index is 767. The average molecular weight is 301 g/mol. The van der Waals surface area contributed by atoms with Crippen molar-refractivity contribution in [3.05, 3.63) is 53.9 Å². The van der Waals surface area contributed by atoms with Gasteiger partial charge in [0.05, 0.1) is 12.2 Å². The first kappa shape index (κ1) is 14.4. The largest absolute Gasteiger partial charge is 0.337 e. The van der Waals surface area contributed by atoms with Gasteiger partial charge in [-0.2, -0.15) is 10.1 Å². The van der Waals surface area contributed by atoms with E-state index in [9.17, 15) is 4.39 Å². The van der Waals surface area contributed by atoms with E-state index in [4.69, 9.17) is 4.52 Å². The first-order chi connectivity index (χ1) is 10.6. The lowest BCUT2D eigenvalue weighted by Crippen LogP contribution is -2.18. The predicted octanol–water partition coefficient (Wildman–Crippen LogP) is 2.46. The minimum absolute atomic E-state index is 0.116. The highest BCUT2D eigenvalue weighted by molar-refractivity contribution is 5.53. The van der Waals surface area contributed by atoms with E-state index in [2.05, 4.69) is 20.6 Å². The number of aryl methyl sites for hydroxylation is 1. The molecule has 0 bridgehead atoms. The Morgan fingerprint density at radius 3 is 3.00 bits per heavy atom. The lowest BCUT2D eigenvalue weighted by molar-refractivity contribution is 0.339. The van der Waals surface area contributed by atoms with Crippen LogP contribution in [-0.4, -0.2) is 19.9 Å². The highest BCUT2D eigenvalue weighted by Crippen LogP contribution is 2.19. The second-order valence-electron chi connectivity index (χ2n) is 5.09. The standard InChI is InChI=1S/C15H16FN5O/c1-10(17-7-11-8-18-21(2)9-11)15-19-14(20-22-15)12-4-3-5-13(16)6-12/h3-6,8-10,17H,7H2,1-2H3. The molecule has 1 atom stereocenters. The Labute approximate surface area is 127 Å². The number of hydrogen-bond acceptors (Lipinski definition) is 5. The van der Waals surface area contributed by atoms with Gasteiger partial charge >= 0.3 is 0 Å². The van der Waals surface area contributed by atoms with Gasteiger partial charge in [0.25, 0.3) is 0 Å². The van der Waals surface area contributed by atoms with Gasteiger partial charge in [-0.15, -0.1) is 0 Å². The van der Waals surface area contributed by atoms with Crippen LogP contribution >= 0.6 is 0 Å². The summed E-state index contributed by atoms with van der Waals surface area (Å²) in [5.74, 6) is 0.513. The number of benzene rings is 1. The van der Waals surface area contributed by atoms with Crippen LogP contribution in [0.2, 0.25) is 0 Å². The van der Waals surface area contributed by atoms with Crippen molar-refractivity contribution < 1.29 is 8.91 Å². The van der Waals surface area contributed by atoms with Crippen LogP contribution in [0.5, 0.6) is 0 Å². The zero-order valence-corrected chi connectivity index (χ0v) is 12.3. The molecule has 2 aromatic heterocycles. The van der Waals surface area contributed by atoms with E-state index in [1.54, 1.807) is 23.0 Å². The molecule has 6 nitrogen and oxygen atoms in total. The summed E-state index contributed by atoms with van der Waals surface area (Å²) < 4.78 is 20.2. The second kappa shape index (κ2) is 6.07. The first-order valence-corrected chi connectivity index (χ1v) is 6.92. The van der Waals surface area contributed by atoms with E-state index in [1.807, 2.05) is 20.2 Å². The van der Waals surface area contributed by atoms with Crippen molar-refractivity contribution in [2.75, 3.05) is 0 Å². The number of nitrogens with zero attached hydrogens (tertiary/aromatic N) is 4. The van der Waals surface area contributed by atoms with Crippen LogP contribution in [0, 0.1) is 5.82 Å². The zero-order valence-electron chi connectivity index (χ0n) is 12.3. The van der Waals surface area contributed by atoms with Gasteiger partial charge in [-0.3, -0.25) is 4.68 Å². The van der Waals surface area contributed by atoms with Crippen LogP contribution in [0.4, 0.5) is 4.39 Å². The van der Waals surface area contributed by atoms with Crippen LogP contribution in [0.25, 0.3) is 11.4 Å². The van der Waals surface area contributed by atoms with Crippen molar-refractivity contribution in [2.45, 2.75) is 19.5 Å². The van der Waals surface area contributed by atoms with E-state index < -0.39 is 0 Å². The highest BCUT2D eigenvalue weighted by atomic mass is 19.1. The van der Waals surface area contributed by atoms with Crippen LogP contribution in [0.1, 0.15) is 24.4 Å². The number of halogens is 1. The Morgan fingerprint density at radius 1 is 1.41 bits per heavy atom. The lowest BCUT2D eigenvalue weighted by Gasteiger charge is -2.07. The fourth-order valence-corrected chi connectivity index (χ4v) is 2.08. The van der Waals surface area contributed by atoms with Gasteiger partial charge in [-0.1, -0.05) is 17.3 Å².